The Morgan fingerprint density at radius 2 is 1.91 bits per heavy atom. The van der Waals surface area contributed by atoms with Crippen LogP contribution in [0.3, 0.4) is 0 Å². The van der Waals surface area contributed by atoms with Gasteiger partial charge >= 0.3 is 12.1 Å². The Morgan fingerprint density at radius 1 is 1.19 bits per heavy atom. The number of halogens is 3. The topological polar surface area (TPSA) is 107 Å². The van der Waals surface area contributed by atoms with Crippen molar-refractivity contribution in [2.75, 3.05) is 19.0 Å². The van der Waals surface area contributed by atoms with Crippen molar-refractivity contribution in [3.8, 4) is 11.4 Å². The quantitative estimate of drug-likeness (QED) is 0.266. The number of aromatic nitrogens is 3. The SMILES string of the molecule is O=C(O)CCCSc1nc2c(ccn2CCO)c(=O)n1-c1ccc(OCC(F)(F)F)cc1. The fourth-order valence-corrected chi connectivity index (χ4v) is 3.90. The zero-order valence-electron chi connectivity index (χ0n) is 16.7. The summed E-state index contributed by atoms with van der Waals surface area (Å²) in [5, 5.41) is 18.7. The molecule has 0 aliphatic rings. The number of aliphatic hydroxyl groups excluding tert-OH is 1. The van der Waals surface area contributed by atoms with Crippen LogP contribution in [0.5, 0.6) is 5.75 Å². The highest BCUT2D eigenvalue weighted by atomic mass is 32.2. The molecular formula is C20H20F3N3O5S. The van der Waals surface area contributed by atoms with E-state index in [9.17, 15) is 27.9 Å². The van der Waals surface area contributed by atoms with E-state index < -0.39 is 24.3 Å². The zero-order valence-corrected chi connectivity index (χ0v) is 17.5. The molecule has 0 aliphatic carbocycles. The van der Waals surface area contributed by atoms with Crippen LogP contribution >= 0.6 is 11.8 Å². The molecule has 0 atom stereocenters. The molecule has 0 amide bonds. The summed E-state index contributed by atoms with van der Waals surface area (Å²) in [5.74, 6) is -0.548. The van der Waals surface area contributed by atoms with Crippen LogP contribution < -0.4 is 10.3 Å². The Morgan fingerprint density at radius 3 is 2.53 bits per heavy atom. The Hall–Kier alpha value is -2.99. The van der Waals surface area contributed by atoms with E-state index in [1.807, 2.05) is 0 Å². The lowest BCUT2D eigenvalue weighted by atomic mass is 10.3. The summed E-state index contributed by atoms with van der Waals surface area (Å²) in [6.45, 7) is -1.33. The molecule has 0 radical (unpaired) electrons. The number of benzene rings is 1. The van der Waals surface area contributed by atoms with Gasteiger partial charge in [0.15, 0.2) is 11.8 Å². The lowest BCUT2D eigenvalue weighted by Gasteiger charge is -2.14. The van der Waals surface area contributed by atoms with Crippen molar-refractivity contribution < 1.29 is 32.9 Å². The summed E-state index contributed by atoms with van der Waals surface area (Å²) in [6, 6.07) is 7.14. The molecule has 2 aromatic heterocycles. The van der Waals surface area contributed by atoms with Gasteiger partial charge in [-0.3, -0.25) is 14.2 Å². The third-order valence-corrected chi connectivity index (χ3v) is 5.39. The van der Waals surface area contributed by atoms with E-state index in [2.05, 4.69) is 4.98 Å². The van der Waals surface area contributed by atoms with Crippen molar-refractivity contribution in [3.05, 3.63) is 46.9 Å². The van der Waals surface area contributed by atoms with Gasteiger partial charge in [0.1, 0.15) is 11.4 Å². The van der Waals surface area contributed by atoms with Gasteiger partial charge in [0.2, 0.25) is 0 Å². The van der Waals surface area contributed by atoms with Gasteiger partial charge in [-0.05, 0) is 36.8 Å². The second kappa shape index (κ2) is 10.1. The largest absolute Gasteiger partial charge is 0.484 e. The van der Waals surface area contributed by atoms with Crippen LogP contribution in [0, 0.1) is 0 Å². The molecular weight excluding hydrogens is 451 g/mol. The Bertz CT molecular complexity index is 1140. The molecule has 0 aliphatic heterocycles. The number of carbonyl (C=O) groups is 1. The number of rotatable bonds is 10. The van der Waals surface area contributed by atoms with Crippen LogP contribution in [-0.2, 0) is 11.3 Å². The van der Waals surface area contributed by atoms with E-state index in [0.29, 0.717) is 34.1 Å². The molecule has 8 nitrogen and oxygen atoms in total. The molecule has 12 heteroatoms. The molecule has 3 rings (SSSR count). The summed E-state index contributed by atoms with van der Waals surface area (Å²) in [6.07, 6.45) is -2.51. The van der Waals surface area contributed by atoms with Crippen LogP contribution in [0.1, 0.15) is 12.8 Å². The molecule has 2 N–H and O–H groups in total. The second-order valence-corrected chi connectivity index (χ2v) is 7.81. The van der Waals surface area contributed by atoms with E-state index in [4.69, 9.17) is 9.84 Å². The van der Waals surface area contributed by atoms with Gasteiger partial charge in [-0.15, -0.1) is 0 Å². The van der Waals surface area contributed by atoms with Gasteiger partial charge in [-0.25, -0.2) is 4.98 Å². The van der Waals surface area contributed by atoms with Gasteiger partial charge in [-0.1, -0.05) is 11.8 Å². The number of hydrogen-bond donors (Lipinski definition) is 2. The van der Waals surface area contributed by atoms with Crippen molar-refractivity contribution >= 4 is 28.8 Å². The van der Waals surface area contributed by atoms with Gasteiger partial charge in [0.25, 0.3) is 5.56 Å². The van der Waals surface area contributed by atoms with Crippen LogP contribution in [0.4, 0.5) is 13.2 Å². The number of nitrogens with zero attached hydrogens (tertiary/aromatic N) is 3. The third-order valence-electron chi connectivity index (χ3n) is 4.36. The molecule has 3 aromatic rings. The number of ether oxygens (including phenoxy) is 1. The van der Waals surface area contributed by atoms with Crippen molar-refractivity contribution in [2.45, 2.75) is 30.7 Å². The van der Waals surface area contributed by atoms with E-state index in [1.165, 1.54) is 40.6 Å². The van der Waals surface area contributed by atoms with Crippen molar-refractivity contribution in [2.24, 2.45) is 0 Å². The third kappa shape index (κ3) is 5.82. The van der Waals surface area contributed by atoms with Crippen LogP contribution in [0.2, 0.25) is 0 Å². The first-order valence-electron chi connectivity index (χ1n) is 9.57. The predicted molar refractivity (Wildman–Crippen MR) is 112 cm³/mol. The normalized spacial score (nSPS) is 11.8. The number of aliphatic carboxylic acids is 1. The number of alkyl halides is 3. The molecule has 0 saturated heterocycles. The number of carboxylic acids is 1. The van der Waals surface area contributed by atoms with Gasteiger partial charge in [0.05, 0.1) is 17.7 Å². The Kier molecular flexibility index (Phi) is 7.46. The number of hydrogen-bond acceptors (Lipinski definition) is 6. The summed E-state index contributed by atoms with van der Waals surface area (Å²) in [4.78, 5) is 28.5. The smallest absolute Gasteiger partial charge is 0.422 e. The summed E-state index contributed by atoms with van der Waals surface area (Å²) >= 11 is 1.19. The lowest BCUT2D eigenvalue weighted by molar-refractivity contribution is -0.153. The maximum Gasteiger partial charge on any atom is 0.422 e. The fraction of sp³-hybridized carbons (Fsp3) is 0.350. The van der Waals surface area contributed by atoms with Crippen LogP contribution in [0.15, 0.2) is 46.5 Å². The molecule has 172 valence electrons. The number of fused-ring (bicyclic) bond motifs is 1. The summed E-state index contributed by atoms with van der Waals surface area (Å²) < 4.78 is 44.7. The van der Waals surface area contributed by atoms with Crippen molar-refractivity contribution in [1.29, 1.82) is 0 Å². The average Bonchev–Trinajstić information content (AvgIpc) is 3.13. The van der Waals surface area contributed by atoms with Crippen molar-refractivity contribution in [3.63, 3.8) is 0 Å². The predicted octanol–water partition coefficient (Wildman–Crippen LogP) is 3.08. The molecule has 0 spiro atoms. The molecule has 0 bridgehead atoms. The maximum absolute atomic E-state index is 13.2. The average molecular weight is 471 g/mol. The first-order valence-corrected chi connectivity index (χ1v) is 10.6. The fourth-order valence-electron chi connectivity index (χ4n) is 2.96. The standard InChI is InChI=1S/C20H20F3N3O5S/c21-20(22,23)12-31-14-5-3-13(4-6-14)26-18(30)15-7-8-25(9-10-27)17(15)24-19(26)32-11-1-2-16(28)29/h3-8,27H,1-2,9-12H2,(H,28,29). The first-order chi connectivity index (χ1) is 15.2. The minimum absolute atomic E-state index is 0.00192. The van der Waals surface area contributed by atoms with E-state index in [-0.39, 0.29) is 25.3 Å². The minimum Gasteiger partial charge on any atom is -0.484 e. The van der Waals surface area contributed by atoms with Gasteiger partial charge < -0.3 is 19.5 Å². The highest BCUT2D eigenvalue weighted by molar-refractivity contribution is 7.99. The molecule has 1 aromatic carbocycles. The molecule has 0 saturated carbocycles. The van der Waals surface area contributed by atoms with Crippen molar-refractivity contribution in [1.82, 2.24) is 14.1 Å². The van der Waals surface area contributed by atoms with Crippen LogP contribution in [0.25, 0.3) is 16.7 Å². The molecule has 0 fully saturated rings. The monoisotopic (exact) mass is 471 g/mol. The zero-order chi connectivity index (χ0) is 23.3. The number of aliphatic hydroxyl groups is 1. The molecule has 0 unspecified atom stereocenters. The first kappa shape index (κ1) is 23.7. The Labute approximate surface area is 184 Å². The summed E-state index contributed by atoms with van der Waals surface area (Å²) in [5.41, 5.74) is 0.363. The van der Waals surface area contributed by atoms with Gasteiger partial charge in [0, 0.05) is 24.9 Å². The van der Waals surface area contributed by atoms with E-state index >= 15 is 0 Å². The number of carboxylic acid groups (broad SMARTS) is 1. The Balaban J connectivity index is 1.97. The molecule has 2 heterocycles. The number of thioether (sulfide) groups is 1. The minimum atomic E-state index is -4.47. The summed E-state index contributed by atoms with van der Waals surface area (Å²) in [7, 11) is 0. The highest BCUT2D eigenvalue weighted by Crippen LogP contribution is 2.25. The van der Waals surface area contributed by atoms with E-state index in [1.54, 1.807) is 16.8 Å². The van der Waals surface area contributed by atoms with Crippen LogP contribution in [-0.4, -0.2) is 55.4 Å². The van der Waals surface area contributed by atoms with Gasteiger partial charge in [-0.2, -0.15) is 13.2 Å². The van der Waals surface area contributed by atoms with E-state index in [0.717, 1.165) is 0 Å². The second-order valence-electron chi connectivity index (χ2n) is 6.75. The lowest BCUT2D eigenvalue weighted by Crippen LogP contribution is -2.22. The molecule has 32 heavy (non-hydrogen) atoms. The maximum atomic E-state index is 13.2. The highest BCUT2D eigenvalue weighted by Gasteiger charge is 2.28.